The molecule has 142 valence electrons. The maximum atomic E-state index is 11.8. The topological polar surface area (TPSA) is 122 Å². The number of sulfonamides is 1. The summed E-state index contributed by atoms with van der Waals surface area (Å²) in [6.07, 6.45) is -0.109. The van der Waals surface area contributed by atoms with Gasteiger partial charge in [-0.15, -0.1) is 0 Å². The third-order valence-electron chi connectivity index (χ3n) is 2.73. The molecule has 0 spiro atoms. The zero-order valence-corrected chi connectivity index (χ0v) is 15.6. The van der Waals surface area contributed by atoms with E-state index in [1.54, 1.807) is 20.8 Å². The average molecular weight is 382 g/mol. The Bertz CT molecular complexity index is 798. The van der Waals surface area contributed by atoms with Crippen LogP contribution in [0.4, 0.5) is 4.79 Å². The van der Waals surface area contributed by atoms with Gasteiger partial charge in [0.2, 0.25) is 10.0 Å². The van der Waals surface area contributed by atoms with E-state index in [9.17, 15) is 18.0 Å². The maximum absolute atomic E-state index is 11.8. The second-order valence-electron chi connectivity index (χ2n) is 6.22. The minimum absolute atomic E-state index is 0.0455. The van der Waals surface area contributed by atoms with Gasteiger partial charge in [0.25, 0.3) is 0 Å². The Morgan fingerprint density at radius 1 is 1.19 bits per heavy atom. The van der Waals surface area contributed by atoms with Crippen molar-refractivity contribution in [3.63, 3.8) is 0 Å². The number of benzene rings is 1. The van der Waals surface area contributed by atoms with Crippen LogP contribution in [0, 0.1) is 11.8 Å². The number of ether oxygens (including phenoxy) is 1. The monoisotopic (exact) mass is 382 g/mol. The number of nitrogens with one attached hydrogen (secondary N) is 2. The molecule has 9 heteroatoms. The van der Waals surface area contributed by atoms with Crippen LogP contribution in [0.2, 0.25) is 0 Å². The number of carbonyl (C=O) groups excluding carboxylic acids is 1. The van der Waals surface area contributed by atoms with Crippen molar-refractivity contribution in [2.75, 3.05) is 13.1 Å². The zero-order valence-electron chi connectivity index (χ0n) is 14.8. The van der Waals surface area contributed by atoms with Gasteiger partial charge >= 0.3 is 12.1 Å². The maximum Gasteiger partial charge on any atom is 0.407 e. The number of aliphatic carboxylic acids is 1. The quantitative estimate of drug-likeness (QED) is 0.504. The lowest BCUT2D eigenvalue weighted by atomic mass is 10.2. The van der Waals surface area contributed by atoms with Crippen molar-refractivity contribution in [1.82, 2.24) is 10.0 Å². The summed E-state index contributed by atoms with van der Waals surface area (Å²) >= 11 is 0. The van der Waals surface area contributed by atoms with Gasteiger partial charge in [0, 0.05) is 18.5 Å². The zero-order chi connectivity index (χ0) is 19.8. The lowest BCUT2D eigenvalue weighted by molar-refractivity contribution is -0.135. The molecule has 0 heterocycles. The van der Waals surface area contributed by atoms with Crippen LogP contribution in [0.3, 0.4) is 0 Å². The molecule has 1 aromatic carbocycles. The molecule has 8 nitrogen and oxygen atoms in total. The van der Waals surface area contributed by atoms with Crippen molar-refractivity contribution >= 4 is 22.1 Å². The van der Waals surface area contributed by atoms with Gasteiger partial charge in [-0.2, -0.15) is 4.72 Å². The van der Waals surface area contributed by atoms with E-state index in [1.807, 2.05) is 4.72 Å². The number of carboxylic acids is 1. The van der Waals surface area contributed by atoms with Crippen molar-refractivity contribution in [3.8, 4) is 11.8 Å². The fraction of sp³-hybridized carbons (Fsp3) is 0.412. The molecule has 0 aliphatic rings. The Balaban J connectivity index is 2.52. The van der Waals surface area contributed by atoms with E-state index in [2.05, 4.69) is 17.2 Å². The molecule has 0 radical (unpaired) electrons. The van der Waals surface area contributed by atoms with Gasteiger partial charge in [0.1, 0.15) is 12.1 Å². The largest absolute Gasteiger partial charge is 0.480 e. The Morgan fingerprint density at radius 2 is 1.81 bits per heavy atom. The number of carbonyl (C=O) groups is 2. The number of amides is 1. The Kier molecular flexibility index (Phi) is 7.61. The van der Waals surface area contributed by atoms with Crippen LogP contribution in [0.5, 0.6) is 0 Å². The van der Waals surface area contributed by atoms with Crippen LogP contribution < -0.4 is 10.0 Å². The highest BCUT2D eigenvalue weighted by molar-refractivity contribution is 7.89. The Labute approximate surface area is 153 Å². The predicted octanol–water partition coefficient (Wildman–Crippen LogP) is 1.32. The molecule has 1 amide bonds. The normalized spacial score (nSPS) is 11.2. The molecule has 0 aliphatic heterocycles. The first-order valence-electron chi connectivity index (χ1n) is 7.77. The Morgan fingerprint density at radius 3 is 2.35 bits per heavy atom. The minimum Gasteiger partial charge on any atom is -0.480 e. The molecular weight excluding hydrogens is 360 g/mol. The summed E-state index contributed by atoms with van der Waals surface area (Å²) in [5.41, 5.74) is 0.0383. The number of carboxylic acid groups (broad SMARTS) is 1. The smallest absolute Gasteiger partial charge is 0.407 e. The summed E-state index contributed by atoms with van der Waals surface area (Å²) in [4.78, 5) is 21.8. The van der Waals surface area contributed by atoms with Crippen LogP contribution in [-0.4, -0.2) is 44.3 Å². The minimum atomic E-state index is -3.87. The third-order valence-corrected chi connectivity index (χ3v) is 4.15. The fourth-order valence-corrected chi connectivity index (χ4v) is 2.64. The Hall–Kier alpha value is -2.57. The molecule has 3 N–H and O–H groups in total. The molecule has 0 saturated heterocycles. The second kappa shape index (κ2) is 9.22. The predicted molar refractivity (Wildman–Crippen MR) is 95.0 cm³/mol. The van der Waals surface area contributed by atoms with Crippen LogP contribution in [-0.2, 0) is 19.6 Å². The lowest BCUT2D eigenvalue weighted by Gasteiger charge is -2.19. The first-order valence-corrected chi connectivity index (χ1v) is 9.25. The fourth-order valence-electron chi connectivity index (χ4n) is 1.66. The molecule has 0 atom stereocenters. The van der Waals surface area contributed by atoms with Crippen molar-refractivity contribution in [1.29, 1.82) is 0 Å². The summed E-state index contributed by atoms with van der Waals surface area (Å²) in [6, 6.07) is 5.72. The summed E-state index contributed by atoms with van der Waals surface area (Å²) in [7, 11) is -3.87. The van der Waals surface area contributed by atoms with E-state index in [-0.39, 0.29) is 4.90 Å². The van der Waals surface area contributed by atoms with Gasteiger partial charge in [0.05, 0.1) is 4.90 Å². The van der Waals surface area contributed by atoms with E-state index in [0.717, 1.165) is 0 Å². The summed E-state index contributed by atoms with van der Waals surface area (Å²) in [5.74, 6) is 4.43. The molecule has 0 unspecified atom stereocenters. The molecule has 1 rings (SSSR count). The van der Waals surface area contributed by atoms with Gasteiger partial charge in [-0.05, 0) is 45.0 Å². The molecule has 0 fully saturated rings. The number of rotatable bonds is 6. The molecular formula is C17H22N2O6S. The second-order valence-corrected chi connectivity index (χ2v) is 7.99. The van der Waals surface area contributed by atoms with E-state index in [1.165, 1.54) is 24.3 Å². The third kappa shape index (κ3) is 8.50. The molecule has 0 bridgehead atoms. The van der Waals surface area contributed by atoms with E-state index >= 15 is 0 Å². The number of hydrogen-bond acceptors (Lipinski definition) is 5. The first kappa shape index (κ1) is 21.5. The summed E-state index contributed by atoms with van der Waals surface area (Å²) < 4.78 is 30.7. The van der Waals surface area contributed by atoms with Crippen molar-refractivity contribution in [2.45, 2.75) is 37.7 Å². The molecule has 0 aliphatic carbocycles. The number of hydrogen-bond donors (Lipinski definition) is 3. The first-order chi connectivity index (χ1) is 12.0. The summed E-state index contributed by atoms with van der Waals surface area (Å²) in [5, 5.41) is 11.1. The molecule has 0 aromatic heterocycles. The standard InChI is InChI=1S/C17H22N2O6S/c1-17(2,3)25-16(22)18-11-5-4-6-13-7-9-14(10-8-13)26(23,24)19-12-15(20)21/h7-10,19H,5,11-12H2,1-3H3,(H,18,22)(H,20,21). The van der Waals surface area contributed by atoms with Crippen LogP contribution in [0.15, 0.2) is 29.2 Å². The summed E-state index contributed by atoms with van der Waals surface area (Å²) in [6.45, 7) is 4.95. The molecule has 1 aromatic rings. The van der Waals surface area contributed by atoms with Gasteiger partial charge in [-0.3, -0.25) is 4.79 Å². The average Bonchev–Trinajstić information content (AvgIpc) is 2.51. The van der Waals surface area contributed by atoms with Gasteiger partial charge < -0.3 is 15.2 Å². The van der Waals surface area contributed by atoms with Crippen LogP contribution >= 0.6 is 0 Å². The highest BCUT2D eigenvalue weighted by atomic mass is 32.2. The highest BCUT2D eigenvalue weighted by Gasteiger charge is 2.15. The van der Waals surface area contributed by atoms with Crippen LogP contribution in [0.1, 0.15) is 32.8 Å². The van der Waals surface area contributed by atoms with Gasteiger partial charge in [0.15, 0.2) is 0 Å². The van der Waals surface area contributed by atoms with Crippen molar-refractivity contribution in [3.05, 3.63) is 29.8 Å². The lowest BCUT2D eigenvalue weighted by Crippen LogP contribution is -2.32. The SMILES string of the molecule is CC(C)(C)OC(=O)NCCC#Cc1ccc(S(=O)(=O)NCC(=O)O)cc1. The van der Waals surface area contributed by atoms with Crippen molar-refractivity contribution in [2.24, 2.45) is 0 Å². The van der Waals surface area contributed by atoms with E-state index in [0.29, 0.717) is 18.5 Å². The highest BCUT2D eigenvalue weighted by Crippen LogP contribution is 2.10. The number of alkyl carbamates (subject to hydrolysis) is 1. The van der Waals surface area contributed by atoms with E-state index in [4.69, 9.17) is 9.84 Å². The molecule has 0 saturated carbocycles. The van der Waals surface area contributed by atoms with Gasteiger partial charge in [-0.25, -0.2) is 13.2 Å². The van der Waals surface area contributed by atoms with Gasteiger partial charge in [-0.1, -0.05) is 11.8 Å². The van der Waals surface area contributed by atoms with E-state index < -0.39 is 34.2 Å². The van der Waals surface area contributed by atoms with Crippen molar-refractivity contribution < 1.29 is 27.9 Å². The molecule has 26 heavy (non-hydrogen) atoms. The van der Waals surface area contributed by atoms with Crippen LogP contribution in [0.25, 0.3) is 0 Å².